The number of nitrogens with zero attached hydrogens (tertiary/aromatic N) is 1. The molecule has 1 aromatic heterocycles. The van der Waals surface area contributed by atoms with Gasteiger partial charge in [0.15, 0.2) is 5.58 Å². The average molecular weight is 329 g/mol. The van der Waals surface area contributed by atoms with E-state index in [0.717, 1.165) is 5.75 Å². The largest absolute Gasteiger partial charge is 0.497 e. The van der Waals surface area contributed by atoms with Crippen molar-refractivity contribution in [1.82, 2.24) is 4.57 Å². The lowest BCUT2D eigenvalue weighted by molar-refractivity contribution is 0.0697. The molecule has 0 atom stereocenters. The molecule has 0 radical (unpaired) electrons. The Morgan fingerprint density at radius 3 is 2.54 bits per heavy atom. The molecule has 0 bridgehead atoms. The molecule has 24 heavy (non-hydrogen) atoms. The number of carboxylic acid groups (broad SMARTS) is 1. The molecule has 1 heterocycles. The van der Waals surface area contributed by atoms with Gasteiger partial charge < -0.3 is 19.0 Å². The summed E-state index contributed by atoms with van der Waals surface area (Å²) in [7, 11) is 1.58. The summed E-state index contributed by atoms with van der Waals surface area (Å²) in [5.74, 6) is -0.249. The summed E-state index contributed by atoms with van der Waals surface area (Å²) in [6, 6.07) is 11.3. The van der Waals surface area contributed by atoms with Crippen LogP contribution in [0, 0.1) is 0 Å². The highest BCUT2D eigenvalue weighted by Crippen LogP contribution is 2.18. The molecule has 0 aliphatic heterocycles. The average Bonchev–Trinajstić information content (AvgIpc) is 2.90. The quantitative estimate of drug-likeness (QED) is 0.746. The van der Waals surface area contributed by atoms with E-state index in [0.29, 0.717) is 16.8 Å². The SMILES string of the molecule is COc1ccc(OCCn2c(=O)oc3ccc(C(=O)O)cc32)cc1. The fourth-order valence-electron chi connectivity index (χ4n) is 2.33. The Labute approximate surface area is 136 Å². The minimum atomic E-state index is -1.06. The van der Waals surface area contributed by atoms with Crippen LogP contribution < -0.4 is 15.2 Å². The summed E-state index contributed by atoms with van der Waals surface area (Å²) >= 11 is 0. The number of oxazole rings is 1. The van der Waals surface area contributed by atoms with E-state index in [1.165, 1.54) is 22.8 Å². The minimum absolute atomic E-state index is 0.0909. The summed E-state index contributed by atoms with van der Waals surface area (Å²) < 4.78 is 17.1. The third-order valence-corrected chi connectivity index (χ3v) is 3.56. The third kappa shape index (κ3) is 3.10. The Kier molecular flexibility index (Phi) is 4.24. The molecule has 0 saturated heterocycles. The van der Waals surface area contributed by atoms with Gasteiger partial charge in [-0.1, -0.05) is 0 Å². The zero-order valence-corrected chi connectivity index (χ0v) is 12.9. The van der Waals surface area contributed by atoms with Crippen molar-refractivity contribution in [2.24, 2.45) is 0 Å². The Morgan fingerprint density at radius 1 is 1.17 bits per heavy atom. The summed E-state index contributed by atoms with van der Waals surface area (Å²) in [5.41, 5.74) is 0.862. The van der Waals surface area contributed by atoms with Crippen LogP contribution >= 0.6 is 0 Å². The molecule has 0 aliphatic rings. The molecule has 2 aromatic carbocycles. The van der Waals surface area contributed by atoms with Gasteiger partial charge in [0.25, 0.3) is 0 Å². The third-order valence-electron chi connectivity index (χ3n) is 3.56. The van der Waals surface area contributed by atoms with Crippen LogP contribution in [0.15, 0.2) is 51.7 Å². The van der Waals surface area contributed by atoms with Crippen molar-refractivity contribution in [3.05, 3.63) is 58.6 Å². The Balaban J connectivity index is 1.76. The van der Waals surface area contributed by atoms with Gasteiger partial charge in [0.05, 0.1) is 24.7 Å². The van der Waals surface area contributed by atoms with Crippen LogP contribution in [0.25, 0.3) is 11.1 Å². The van der Waals surface area contributed by atoms with Crippen molar-refractivity contribution in [1.29, 1.82) is 0 Å². The van der Waals surface area contributed by atoms with Crippen LogP contribution in [0.4, 0.5) is 0 Å². The lowest BCUT2D eigenvalue weighted by atomic mass is 10.2. The number of aromatic carboxylic acids is 1. The normalized spacial score (nSPS) is 10.7. The number of methoxy groups -OCH3 is 1. The second kappa shape index (κ2) is 6.49. The van der Waals surface area contributed by atoms with Crippen molar-refractivity contribution < 1.29 is 23.8 Å². The fourth-order valence-corrected chi connectivity index (χ4v) is 2.33. The second-order valence-corrected chi connectivity index (χ2v) is 5.03. The highest BCUT2D eigenvalue weighted by Gasteiger charge is 2.12. The Morgan fingerprint density at radius 2 is 1.88 bits per heavy atom. The molecule has 7 nitrogen and oxygen atoms in total. The van der Waals surface area contributed by atoms with Gasteiger partial charge in [-0.15, -0.1) is 0 Å². The highest BCUT2D eigenvalue weighted by atomic mass is 16.5. The van der Waals surface area contributed by atoms with Crippen LogP contribution in [-0.4, -0.2) is 29.4 Å². The minimum Gasteiger partial charge on any atom is -0.497 e. The number of hydrogen-bond donors (Lipinski definition) is 1. The molecule has 7 heteroatoms. The maximum absolute atomic E-state index is 11.9. The molecule has 124 valence electrons. The van der Waals surface area contributed by atoms with E-state index in [1.54, 1.807) is 31.4 Å². The number of carbonyl (C=O) groups is 1. The van der Waals surface area contributed by atoms with Gasteiger partial charge >= 0.3 is 11.7 Å². The van der Waals surface area contributed by atoms with E-state index < -0.39 is 11.7 Å². The molecule has 0 amide bonds. The predicted molar refractivity (Wildman–Crippen MR) is 85.9 cm³/mol. The number of ether oxygens (including phenoxy) is 2. The molecule has 0 spiro atoms. The van der Waals surface area contributed by atoms with Gasteiger partial charge in [-0.25, -0.2) is 9.59 Å². The predicted octanol–water partition coefficient (Wildman–Crippen LogP) is 2.38. The van der Waals surface area contributed by atoms with Crippen molar-refractivity contribution in [2.75, 3.05) is 13.7 Å². The number of rotatable bonds is 6. The summed E-state index contributed by atoms with van der Waals surface area (Å²) in [4.78, 5) is 23.0. The van der Waals surface area contributed by atoms with Crippen molar-refractivity contribution in [2.45, 2.75) is 6.54 Å². The van der Waals surface area contributed by atoms with Crippen molar-refractivity contribution >= 4 is 17.1 Å². The first-order valence-electron chi connectivity index (χ1n) is 7.22. The fraction of sp³-hybridized carbons (Fsp3) is 0.176. The van der Waals surface area contributed by atoms with Crippen molar-refractivity contribution in [3.63, 3.8) is 0 Å². The van der Waals surface area contributed by atoms with Gasteiger partial charge in [0.1, 0.15) is 18.1 Å². The standard InChI is InChI=1S/C17H15NO6/c1-22-12-3-5-13(6-4-12)23-9-8-18-14-10-11(16(19)20)2-7-15(14)24-17(18)21/h2-7,10H,8-9H2,1H3,(H,19,20). The molecule has 0 aliphatic carbocycles. The molecule has 0 saturated carbocycles. The highest BCUT2D eigenvalue weighted by molar-refractivity contribution is 5.91. The van der Waals surface area contributed by atoms with E-state index in [-0.39, 0.29) is 18.7 Å². The van der Waals surface area contributed by atoms with Crippen molar-refractivity contribution in [3.8, 4) is 11.5 Å². The van der Waals surface area contributed by atoms with E-state index in [2.05, 4.69) is 0 Å². The first-order chi connectivity index (χ1) is 11.6. The molecular weight excluding hydrogens is 314 g/mol. The molecule has 3 rings (SSSR count). The lowest BCUT2D eigenvalue weighted by Crippen LogP contribution is -2.18. The molecule has 1 N–H and O–H groups in total. The second-order valence-electron chi connectivity index (χ2n) is 5.03. The smallest absolute Gasteiger partial charge is 0.420 e. The van der Waals surface area contributed by atoms with Gasteiger partial charge in [-0.05, 0) is 42.5 Å². The monoisotopic (exact) mass is 329 g/mol. The molecule has 0 fully saturated rings. The Hall–Kier alpha value is -3.22. The Bertz CT molecular complexity index is 922. The van der Waals surface area contributed by atoms with Gasteiger partial charge in [0.2, 0.25) is 0 Å². The van der Waals surface area contributed by atoms with Gasteiger partial charge in [-0.2, -0.15) is 0 Å². The molecule has 3 aromatic rings. The van der Waals surface area contributed by atoms with Crippen LogP contribution in [0.5, 0.6) is 11.5 Å². The van der Waals surface area contributed by atoms with Crippen LogP contribution in [0.1, 0.15) is 10.4 Å². The van der Waals surface area contributed by atoms with Crippen LogP contribution in [-0.2, 0) is 6.54 Å². The zero-order chi connectivity index (χ0) is 17.1. The number of fused-ring (bicyclic) bond motifs is 1. The van der Waals surface area contributed by atoms with E-state index in [4.69, 9.17) is 19.0 Å². The first-order valence-corrected chi connectivity index (χ1v) is 7.22. The van der Waals surface area contributed by atoms with E-state index in [9.17, 15) is 9.59 Å². The maximum Gasteiger partial charge on any atom is 0.420 e. The van der Waals surface area contributed by atoms with Gasteiger partial charge in [0, 0.05) is 0 Å². The zero-order valence-electron chi connectivity index (χ0n) is 12.9. The summed E-state index contributed by atoms with van der Waals surface area (Å²) in [5, 5.41) is 9.06. The summed E-state index contributed by atoms with van der Waals surface area (Å²) in [6.45, 7) is 0.471. The number of aromatic nitrogens is 1. The molecular formula is C17H15NO6. The van der Waals surface area contributed by atoms with Crippen LogP contribution in [0.3, 0.4) is 0 Å². The number of carboxylic acids is 1. The van der Waals surface area contributed by atoms with Crippen LogP contribution in [0.2, 0.25) is 0 Å². The maximum atomic E-state index is 11.9. The lowest BCUT2D eigenvalue weighted by Gasteiger charge is -2.07. The van der Waals surface area contributed by atoms with Gasteiger partial charge in [-0.3, -0.25) is 4.57 Å². The van der Waals surface area contributed by atoms with E-state index in [1.807, 2.05) is 0 Å². The summed E-state index contributed by atoms with van der Waals surface area (Å²) in [6.07, 6.45) is 0. The number of benzene rings is 2. The topological polar surface area (TPSA) is 90.9 Å². The number of hydrogen-bond acceptors (Lipinski definition) is 5. The first kappa shape index (κ1) is 15.7. The molecule has 0 unspecified atom stereocenters. The van der Waals surface area contributed by atoms with E-state index >= 15 is 0 Å².